The normalized spacial score (nSPS) is 17.3. The summed E-state index contributed by atoms with van der Waals surface area (Å²) < 4.78 is 0. The Hall–Kier alpha value is -8.18. The molecule has 2 atom stereocenters. The maximum Gasteiger partial charge on any atom is 0.164 e. The van der Waals surface area contributed by atoms with Gasteiger partial charge in [-0.3, -0.25) is 0 Å². The molecule has 69 heavy (non-hydrogen) atoms. The second-order valence-electron chi connectivity index (χ2n) is 18.9. The molecule has 0 amide bonds. The number of hydrogen-bond acceptors (Lipinski definition) is 4. The molecule has 9 aromatic carbocycles. The highest BCUT2D eigenvalue weighted by atomic mass is 32.2. The summed E-state index contributed by atoms with van der Waals surface area (Å²) in [5.74, 6) is 2.30. The van der Waals surface area contributed by atoms with E-state index in [2.05, 4.69) is 200 Å². The number of thioether (sulfide) groups is 1. The molecule has 1 aromatic heterocycles. The smallest absolute Gasteiger partial charge is 0.164 e. The Labute approximate surface area is 405 Å². The van der Waals surface area contributed by atoms with Crippen molar-refractivity contribution in [3.8, 4) is 67.5 Å². The molecule has 0 saturated heterocycles. The number of benzene rings is 9. The molecule has 15 rings (SSSR count). The number of hydrogen-bond donors (Lipinski definition) is 0. The third kappa shape index (κ3) is 5.32. The van der Waals surface area contributed by atoms with Crippen molar-refractivity contribution in [1.29, 1.82) is 0 Å². The van der Waals surface area contributed by atoms with Crippen LogP contribution in [0, 0.1) is 0 Å². The minimum atomic E-state index is -0.560. The number of nitrogens with zero attached hydrogens (tertiary/aromatic N) is 3. The lowest BCUT2D eigenvalue weighted by Crippen LogP contribution is -2.43. The van der Waals surface area contributed by atoms with Crippen LogP contribution in [-0.4, -0.2) is 20.2 Å². The molecular weight excluding hydrogens is 855 g/mol. The lowest BCUT2D eigenvalue weighted by atomic mass is 9.52. The van der Waals surface area contributed by atoms with Crippen molar-refractivity contribution in [3.63, 3.8) is 0 Å². The lowest BCUT2D eigenvalue weighted by Gasteiger charge is -2.49. The lowest BCUT2D eigenvalue weighted by molar-refractivity contribution is 0.632. The maximum absolute atomic E-state index is 5.03. The Kier molecular flexibility index (Phi) is 8.26. The summed E-state index contributed by atoms with van der Waals surface area (Å²) in [4.78, 5) is 16.4. The standard InChI is InChI=1S/C65H41N3S/c1-3-17-41(18-4-1)61-66-62(42-19-5-2-6-20-42)68-63(67-61)43-33-31-40(32-34-43)44-35-36-53-48(37-44)49-39-60-50(47-23-9-16-30-59(47)69-60)38-58(49)65(53)56-28-14-12-26-54(56)64(55-27-13-15-29-57(55)65)51-24-10-7-21-45(51)46-22-8-11-25-52(46)64/h1-39,47,59H. The summed E-state index contributed by atoms with van der Waals surface area (Å²) in [6.45, 7) is 0. The summed E-state index contributed by atoms with van der Waals surface area (Å²) in [5, 5.41) is 0.394. The van der Waals surface area contributed by atoms with E-state index in [4.69, 9.17) is 15.0 Å². The van der Waals surface area contributed by atoms with Gasteiger partial charge in [-0.15, -0.1) is 11.8 Å². The number of aromatic nitrogens is 3. The van der Waals surface area contributed by atoms with Crippen molar-refractivity contribution >= 4 is 11.8 Å². The van der Waals surface area contributed by atoms with Gasteiger partial charge < -0.3 is 0 Å². The topological polar surface area (TPSA) is 38.7 Å². The zero-order chi connectivity index (χ0) is 45.3. The second kappa shape index (κ2) is 14.7. The molecule has 322 valence electrons. The average molecular weight is 896 g/mol. The molecule has 3 nitrogen and oxygen atoms in total. The van der Waals surface area contributed by atoms with Gasteiger partial charge in [-0.25, -0.2) is 15.0 Å². The molecule has 0 saturated carbocycles. The fourth-order valence-electron chi connectivity index (χ4n) is 12.7. The molecule has 4 heteroatoms. The molecule has 5 aliphatic rings. The van der Waals surface area contributed by atoms with E-state index in [1.54, 1.807) is 0 Å². The largest absolute Gasteiger partial charge is 0.208 e. The van der Waals surface area contributed by atoms with Crippen molar-refractivity contribution in [2.24, 2.45) is 0 Å². The molecule has 2 unspecified atom stereocenters. The van der Waals surface area contributed by atoms with Gasteiger partial charge in [-0.1, -0.05) is 224 Å². The van der Waals surface area contributed by atoms with E-state index in [1.165, 1.54) is 82.8 Å². The fourth-order valence-corrected chi connectivity index (χ4v) is 14.1. The molecule has 0 bridgehead atoms. The molecule has 2 heterocycles. The van der Waals surface area contributed by atoms with Crippen LogP contribution >= 0.6 is 11.8 Å². The van der Waals surface area contributed by atoms with E-state index in [0.29, 0.717) is 28.6 Å². The molecule has 0 N–H and O–H groups in total. The highest BCUT2D eigenvalue weighted by molar-refractivity contribution is 8.00. The quantitative estimate of drug-likeness (QED) is 0.176. The highest BCUT2D eigenvalue weighted by Gasteiger charge is 2.59. The first-order valence-corrected chi connectivity index (χ1v) is 24.8. The second-order valence-corrected chi connectivity index (χ2v) is 20.1. The molecule has 2 spiro atoms. The van der Waals surface area contributed by atoms with Gasteiger partial charge in [0.2, 0.25) is 0 Å². The van der Waals surface area contributed by atoms with Crippen molar-refractivity contribution in [2.45, 2.75) is 26.9 Å². The maximum atomic E-state index is 5.03. The number of allylic oxidation sites excluding steroid dienone is 3. The third-order valence-corrected chi connectivity index (χ3v) is 16.9. The fraction of sp³-hybridized carbons (Fsp3) is 0.0615. The van der Waals surface area contributed by atoms with Crippen LogP contribution in [0.2, 0.25) is 0 Å². The minimum absolute atomic E-state index is 0.334. The first kappa shape index (κ1) is 38.9. The van der Waals surface area contributed by atoms with Crippen LogP contribution < -0.4 is 0 Å². The van der Waals surface area contributed by atoms with Crippen LogP contribution in [-0.2, 0) is 10.8 Å². The van der Waals surface area contributed by atoms with E-state index in [1.807, 2.05) is 48.2 Å². The Morgan fingerprint density at radius 3 is 1.30 bits per heavy atom. The first-order valence-electron chi connectivity index (χ1n) is 23.9. The van der Waals surface area contributed by atoms with Gasteiger partial charge in [0.15, 0.2) is 17.5 Å². The average Bonchev–Trinajstić information content (AvgIpc) is 4.04. The summed E-state index contributed by atoms with van der Waals surface area (Å²) >= 11 is 2.01. The van der Waals surface area contributed by atoms with Gasteiger partial charge in [0.05, 0.1) is 10.8 Å². The summed E-state index contributed by atoms with van der Waals surface area (Å²) in [6, 6.07) is 78.7. The van der Waals surface area contributed by atoms with Gasteiger partial charge in [0, 0.05) is 32.8 Å². The first-order chi connectivity index (χ1) is 34.2. The van der Waals surface area contributed by atoms with Crippen LogP contribution in [0.4, 0.5) is 0 Å². The van der Waals surface area contributed by atoms with E-state index < -0.39 is 10.8 Å². The van der Waals surface area contributed by atoms with Crippen molar-refractivity contribution in [3.05, 3.63) is 287 Å². The van der Waals surface area contributed by atoms with E-state index in [9.17, 15) is 0 Å². The number of fused-ring (bicyclic) bond motifs is 19. The zero-order valence-corrected chi connectivity index (χ0v) is 38.2. The van der Waals surface area contributed by atoms with Gasteiger partial charge in [0.1, 0.15) is 0 Å². The predicted molar refractivity (Wildman–Crippen MR) is 280 cm³/mol. The Balaban J connectivity index is 0.934. The highest BCUT2D eigenvalue weighted by Crippen LogP contribution is 2.68. The van der Waals surface area contributed by atoms with Crippen LogP contribution in [0.25, 0.3) is 67.5 Å². The SMILES string of the molecule is C1=CC2Sc3cc4c(cc3C2C=C1)C1(c2ccc(-c3ccc(-c5nc(-c6ccccc6)nc(-c6ccccc6)n5)cc3)cc2-4)c2ccccc2C2(c3ccccc3-c3ccccc32)c2ccccc21. The van der Waals surface area contributed by atoms with E-state index >= 15 is 0 Å². The molecule has 10 aromatic rings. The minimum Gasteiger partial charge on any atom is -0.208 e. The van der Waals surface area contributed by atoms with Crippen LogP contribution in [0.5, 0.6) is 0 Å². The molecule has 4 aliphatic carbocycles. The monoisotopic (exact) mass is 895 g/mol. The van der Waals surface area contributed by atoms with Crippen LogP contribution in [0.15, 0.2) is 242 Å². The van der Waals surface area contributed by atoms with Gasteiger partial charge >= 0.3 is 0 Å². The van der Waals surface area contributed by atoms with Gasteiger partial charge in [-0.05, 0) is 95.6 Å². The molecular formula is C65H41N3S. The van der Waals surface area contributed by atoms with Crippen LogP contribution in [0.1, 0.15) is 56.0 Å². The van der Waals surface area contributed by atoms with Crippen molar-refractivity contribution < 1.29 is 0 Å². The zero-order valence-electron chi connectivity index (χ0n) is 37.4. The molecule has 1 aliphatic heterocycles. The summed E-state index contributed by atoms with van der Waals surface area (Å²) in [7, 11) is 0. The Morgan fingerprint density at radius 2 is 0.739 bits per heavy atom. The van der Waals surface area contributed by atoms with Gasteiger partial charge in [-0.2, -0.15) is 0 Å². The number of rotatable bonds is 4. The summed E-state index contributed by atoms with van der Waals surface area (Å²) in [5.41, 5.74) is 21.7. The Morgan fingerprint density at radius 1 is 0.319 bits per heavy atom. The van der Waals surface area contributed by atoms with Crippen molar-refractivity contribution in [1.82, 2.24) is 15.0 Å². The van der Waals surface area contributed by atoms with Crippen molar-refractivity contribution in [2.75, 3.05) is 0 Å². The van der Waals surface area contributed by atoms with Crippen LogP contribution in [0.3, 0.4) is 0 Å². The van der Waals surface area contributed by atoms with E-state index in [0.717, 1.165) is 22.3 Å². The third-order valence-electron chi connectivity index (χ3n) is 15.6. The van der Waals surface area contributed by atoms with E-state index in [-0.39, 0.29) is 0 Å². The summed E-state index contributed by atoms with van der Waals surface area (Å²) in [6.07, 6.45) is 9.26. The molecule has 0 fully saturated rings. The van der Waals surface area contributed by atoms with Gasteiger partial charge in [0.25, 0.3) is 0 Å². The molecule has 0 radical (unpaired) electrons. The predicted octanol–water partition coefficient (Wildman–Crippen LogP) is 15.3. The Bertz CT molecular complexity index is 3680.